The molecule has 1 aliphatic heterocycles. The summed E-state index contributed by atoms with van der Waals surface area (Å²) in [6, 6.07) is 37.4. The zero-order valence-electron chi connectivity index (χ0n) is 31.3. The van der Waals surface area contributed by atoms with Crippen molar-refractivity contribution in [1.29, 1.82) is 0 Å². The van der Waals surface area contributed by atoms with Crippen LogP contribution in [0.3, 0.4) is 0 Å². The Morgan fingerprint density at radius 2 is 1.07 bits per heavy atom. The summed E-state index contributed by atoms with van der Waals surface area (Å²) >= 11 is 0. The third-order valence-corrected chi connectivity index (χ3v) is 9.20. The van der Waals surface area contributed by atoms with Gasteiger partial charge in [0.05, 0.1) is 55.3 Å². The Bertz CT molecular complexity index is 1820. The van der Waals surface area contributed by atoms with Crippen LogP contribution in [0.15, 0.2) is 121 Å². The average molecular weight is 800 g/mol. The summed E-state index contributed by atoms with van der Waals surface area (Å²) in [5, 5.41) is 2.52. The first kappa shape index (κ1) is 45.0. The predicted octanol–water partition coefficient (Wildman–Crippen LogP) is 2.28. The first-order valence-electron chi connectivity index (χ1n) is 18.0. The van der Waals surface area contributed by atoms with Crippen LogP contribution in [0.1, 0.15) is 35.1 Å². The van der Waals surface area contributed by atoms with Crippen molar-refractivity contribution in [1.82, 2.24) is 5.32 Å². The summed E-state index contributed by atoms with van der Waals surface area (Å²) in [5.74, 6) is -1.43. The van der Waals surface area contributed by atoms with Gasteiger partial charge in [0, 0.05) is 13.0 Å². The number of rotatable bonds is 21. The van der Waals surface area contributed by atoms with Crippen LogP contribution >= 0.6 is 0 Å². The number of carbonyl (C=O) groups is 2. The average Bonchev–Trinajstić information content (AvgIpc) is 3.19. The van der Waals surface area contributed by atoms with Crippen LogP contribution < -0.4 is 34.9 Å². The second kappa shape index (κ2) is 24.2. The number of hydrogen-bond donors (Lipinski definition) is 1. The van der Waals surface area contributed by atoms with E-state index < -0.39 is 58.6 Å². The van der Waals surface area contributed by atoms with Crippen molar-refractivity contribution in [3.8, 4) is 0 Å². The van der Waals surface area contributed by atoms with E-state index in [4.69, 9.17) is 33.2 Å². The SMILES string of the molecule is O=C(CCNC(=O)OCc1ccccc1)OCCCO[C@H]1O[C@H](CS(=O)(=O)[O-])[C@@H](OCc2ccccc2)[C@H](OCc2ccccc2)[C@H]1OCc1ccccc1.[Na+]. The van der Waals surface area contributed by atoms with E-state index >= 15 is 0 Å². The first-order chi connectivity index (χ1) is 26.7. The van der Waals surface area contributed by atoms with Gasteiger partial charge in [-0.2, -0.15) is 0 Å². The number of esters is 1. The van der Waals surface area contributed by atoms with E-state index in [9.17, 15) is 22.6 Å². The maximum absolute atomic E-state index is 12.3. The molecule has 5 rings (SSSR count). The molecule has 1 amide bonds. The Labute approximate surface area is 350 Å². The Morgan fingerprint density at radius 1 is 0.607 bits per heavy atom. The molecule has 4 aromatic rings. The second-order valence-electron chi connectivity index (χ2n) is 12.7. The molecule has 1 saturated heterocycles. The monoisotopic (exact) mass is 799 g/mol. The van der Waals surface area contributed by atoms with Crippen LogP contribution in [0.2, 0.25) is 0 Å². The molecule has 1 fully saturated rings. The third kappa shape index (κ3) is 16.1. The Hall–Kier alpha value is -3.67. The smallest absolute Gasteiger partial charge is 0.748 e. The third-order valence-electron chi connectivity index (χ3n) is 8.46. The molecule has 0 aliphatic carbocycles. The van der Waals surface area contributed by atoms with Gasteiger partial charge < -0.3 is 43.0 Å². The van der Waals surface area contributed by atoms with Crippen LogP contribution in [0.25, 0.3) is 0 Å². The van der Waals surface area contributed by atoms with E-state index in [0.717, 1.165) is 22.3 Å². The zero-order chi connectivity index (χ0) is 38.7. The molecule has 0 aromatic heterocycles. The van der Waals surface area contributed by atoms with E-state index in [1.54, 1.807) is 0 Å². The van der Waals surface area contributed by atoms with Crippen molar-refractivity contribution in [3.05, 3.63) is 144 Å². The number of ether oxygens (including phenoxy) is 7. The minimum atomic E-state index is -4.79. The summed E-state index contributed by atoms with van der Waals surface area (Å²) in [4.78, 5) is 24.3. The van der Waals surface area contributed by atoms with Crippen LogP contribution in [0.5, 0.6) is 0 Å². The molecule has 0 radical (unpaired) electrons. The number of amides is 1. The van der Waals surface area contributed by atoms with Crippen molar-refractivity contribution in [2.45, 2.75) is 70.0 Å². The van der Waals surface area contributed by atoms with Gasteiger partial charge in [0.2, 0.25) is 0 Å². The molecule has 0 spiro atoms. The van der Waals surface area contributed by atoms with Crippen molar-refractivity contribution >= 4 is 22.2 Å². The molecule has 5 atom stereocenters. The molecular weight excluding hydrogens is 754 g/mol. The minimum absolute atomic E-state index is 0. The van der Waals surface area contributed by atoms with Gasteiger partial charge in [0.15, 0.2) is 6.29 Å². The van der Waals surface area contributed by atoms with Gasteiger partial charge in [-0.15, -0.1) is 0 Å². The predicted molar refractivity (Wildman–Crippen MR) is 199 cm³/mol. The van der Waals surface area contributed by atoms with Crippen molar-refractivity contribution in [2.75, 3.05) is 25.5 Å². The van der Waals surface area contributed by atoms with Crippen molar-refractivity contribution in [2.24, 2.45) is 0 Å². The second-order valence-corrected chi connectivity index (χ2v) is 14.2. The molecule has 294 valence electrons. The fourth-order valence-electron chi connectivity index (χ4n) is 5.77. The zero-order valence-corrected chi connectivity index (χ0v) is 34.1. The molecule has 0 bridgehead atoms. The molecule has 1 N–H and O–H groups in total. The fraction of sp³-hybridized carbons (Fsp3) is 0.366. The van der Waals surface area contributed by atoms with E-state index in [2.05, 4.69) is 5.32 Å². The van der Waals surface area contributed by atoms with Gasteiger partial charge in [0.1, 0.15) is 31.0 Å². The molecule has 56 heavy (non-hydrogen) atoms. The van der Waals surface area contributed by atoms with Crippen molar-refractivity contribution < 1.29 is 85.3 Å². The topological polar surface area (TPSA) is 168 Å². The van der Waals surface area contributed by atoms with Crippen molar-refractivity contribution in [3.63, 3.8) is 0 Å². The Balaban J connectivity index is 0.00000696. The number of alkyl carbamates (subject to hydrolysis) is 1. The van der Waals surface area contributed by atoms with E-state index in [1.165, 1.54) is 0 Å². The number of carbonyl (C=O) groups excluding carboxylic acids is 2. The molecule has 4 aromatic carbocycles. The summed E-state index contributed by atoms with van der Waals surface area (Å²) in [6.45, 7) is 0.500. The van der Waals surface area contributed by atoms with E-state index in [1.807, 2.05) is 121 Å². The molecule has 1 aliphatic rings. The summed E-state index contributed by atoms with van der Waals surface area (Å²) < 4.78 is 78.6. The fourth-order valence-corrected chi connectivity index (χ4v) is 6.44. The van der Waals surface area contributed by atoms with E-state index in [0.29, 0.717) is 0 Å². The number of benzene rings is 4. The minimum Gasteiger partial charge on any atom is -0.748 e. The molecule has 1 heterocycles. The molecule has 13 nitrogen and oxygen atoms in total. The van der Waals surface area contributed by atoms with Gasteiger partial charge in [-0.3, -0.25) is 4.79 Å². The normalized spacial score (nSPS) is 19.3. The van der Waals surface area contributed by atoms with Gasteiger partial charge in [-0.05, 0) is 22.3 Å². The maximum Gasteiger partial charge on any atom is 1.00 e. The van der Waals surface area contributed by atoms with Crippen LogP contribution in [0, 0.1) is 0 Å². The van der Waals surface area contributed by atoms with Crippen LogP contribution in [-0.2, 0) is 74.5 Å². The largest absolute Gasteiger partial charge is 1.00 e. The quantitative estimate of drug-likeness (QED) is 0.0567. The number of nitrogens with one attached hydrogen (secondary N) is 1. The van der Waals surface area contributed by atoms with E-state index in [-0.39, 0.29) is 88.6 Å². The van der Waals surface area contributed by atoms with Gasteiger partial charge in [-0.25, -0.2) is 13.2 Å². The maximum atomic E-state index is 12.3. The standard InChI is InChI=1S/C41H47NO12S.Na/c43-36(22-23-42-41(44)53-29-34-20-11-4-12-21-34)48-24-13-25-49-40-39(52-28-33-18-9-3-10-19-33)38(51-27-32-16-7-2-8-17-32)37(35(54-40)30-55(45,46)47)50-26-31-14-5-1-6-15-31;/h1-12,14-21,35,37-40H,13,22-30H2,(H,42,44)(H,45,46,47);/q;+1/p-1/t35-,37-,38+,39-,40+;/m1./s1. The molecule has 0 saturated carbocycles. The van der Waals surface area contributed by atoms with Gasteiger partial charge in [-0.1, -0.05) is 121 Å². The van der Waals surface area contributed by atoms with Gasteiger partial charge in [0.25, 0.3) is 0 Å². The first-order valence-corrected chi connectivity index (χ1v) is 19.6. The Kier molecular flexibility index (Phi) is 19.4. The molecular formula is C41H46NNaO12S. The van der Waals surface area contributed by atoms with Gasteiger partial charge >= 0.3 is 41.6 Å². The Morgan fingerprint density at radius 3 is 1.57 bits per heavy atom. The number of hydrogen-bond acceptors (Lipinski definition) is 12. The van der Waals surface area contributed by atoms with Crippen LogP contribution in [0.4, 0.5) is 4.79 Å². The summed E-state index contributed by atoms with van der Waals surface area (Å²) in [7, 11) is -4.79. The summed E-state index contributed by atoms with van der Waals surface area (Å²) in [6.07, 6.45) is -5.85. The van der Waals surface area contributed by atoms with Crippen LogP contribution in [-0.4, -0.2) is 81.3 Å². The molecule has 0 unspecified atom stereocenters. The molecule has 15 heteroatoms. The summed E-state index contributed by atoms with van der Waals surface area (Å²) in [5.41, 5.74) is 3.37.